The number of aromatic hydroxyl groups is 1. The van der Waals surface area contributed by atoms with Crippen molar-refractivity contribution in [2.75, 3.05) is 6.54 Å². The fourth-order valence-corrected chi connectivity index (χ4v) is 3.55. The summed E-state index contributed by atoms with van der Waals surface area (Å²) in [6, 6.07) is 6.84. The molecule has 1 fully saturated rings. The zero-order valence-corrected chi connectivity index (χ0v) is 14.8. The van der Waals surface area contributed by atoms with Gasteiger partial charge in [0.05, 0.1) is 11.3 Å². The molecule has 140 valence electrons. The first-order chi connectivity index (χ1) is 13.2. The quantitative estimate of drug-likeness (QED) is 0.736. The highest BCUT2D eigenvalue weighted by Crippen LogP contribution is 2.27. The van der Waals surface area contributed by atoms with Gasteiger partial charge in [0.1, 0.15) is 12.1 Å². The first-order valence-corrected chi connectivity index (χ1v) is 9.07. The molecule has 2 aromatic heterocycles. The fourth-order valence-electron chi connectivity index (χ4n) is 3.55. The number of nitrogens with zero attached hydrogens (tertiary/aromatic N) is 7. The van der Waals surface area contributed by atoms with E-state index in [1.54, 1.807) is 18.3 Å². The third-order valence-electron chi connectivity index (χ3n) is 4.96. The summed E-state index contributed by atoms with van der Waals surface area (Å²) in [5, 5.41) is 25.6. The Morgan fingerprint density at radius 1 is 1.30 bits per heavy atom. The summed E-state index contributed by atoms with van der Waals surface area (Å²) in [5.74, 6) is -0.194. The number of carbonyl (C=O) groups excluding carboxylic acids is 1. The number of benzene rings is 1. The van der Waals surface area contributed by atoms with Crippen molar-refractivity contribution in [3.63, 3.8) is 0 Å². The third kappa shape index (κ3) is 3.67. The summed E-state index contributed by atoms with van der Waals surface area (Å²) in [5.41, 5.74) is 0.903. The van der Waals surface area contributed by atoms with Crippen molar-refractivity contribution >= 4 is 5.91 Å². The number of likely N-dealkylation sites (tertiary alicyclic amines) is 1. The van der Waals surface area contributed by atoms with E-state index in [9.17, 15) is 9.90 Å². The number of hydrogen-bond donors (Lipinski definition) is 1. The van der Waals surface area contributed by atoms with E-state index in [0.717, 1.165) is 32.2 Å². The molecule has 1 atom stereocenters. The molecule has 0 bridgehead atoms. The van der Waals surface area contributed by atoms with Crippen molar-refractivity contribution in [3.05, 3.63) is 48.5 Å². The minimum atomic E-state index is -0.160. The van der Waals surface area contributed by atoms with Crippen LogP contribution in [0.1, 0.15) is 36.0 Å². The Hall–Kier alpha value is -3.23. The molecular weight excluding hydrogens is 346 g/mol. The molecule has 1 aliphatic heterocycles. The average molecular weight is 367 g/mol. The molecule has 9 heteroatoms. The Bertz CT molecular complexity index is 893. The summed E-state index contributed by atoms with van der Waals surface area (Å²) in [7, 11) is 0. The standard InChI is InChI=1S/C18H21N7O2/c26-17-6-5-15(25-13-19-21-22-25)12-16(17)18(27)24-10-2-1-4-14(24)7-11-23-9-3-8-20-23/h3,5-6,8-9,12-14,26H,1-2,4,7,10-11H2. The van der Waals surface area contributed by atoms with E-state index in [1.807, 2.05) is 21.8 Å². The second kappa shape index (κ2) is 7.56. The SMILES string of the molecule is O=C(c1cc(-n2cnnn2)ccc1O)N1CCCCC1CCn1cccn1. The molecule has 4 rings (SSSR count). The van der Waals surface area contributed by atoms with E-state index in [0.29, 0.717) is 12.2 Å². The number of tetrazole rings is 1. The van der Waals surface area contributed by atoms with Crippen LogP contribution in [0.25, 0.3) is 5.69 Å². The van der Waals surface area contributed by atoms with E-state index < -0.39 is 0 Å². The Balaban J connectivity index is 1.55. The lowest BCUT2D eigenvalue weighted by molar-refractivity contribution is 0.0591. The molecule has 1 unspecified atom stereocenters. The summed E-state index contributed by atoms with van der Waals surface area (Å²) < 4.78 is 3.34. The maximum absolute atomic E-state index is 13.2. The van der Waals surface area contributed by atoms with Gasteiger partial charge in [-0.15, -0.1) is 5.10 Å². The number of phenols is 1. The van der Waals surface area contributed by atoms with Gasteiger partial charge < -0.3 is 10.0 Å². The molecule has 0 saturated carbocycles. The molecule has 0 aliphatic carbocycles. The molecule has 1 amide bonds. The number of aryl methyl sites for hydroxylation is 1. The maximum atomic E-state index is 13.2. The van der Waals surface area contributed by atoms with Crippen LogP contribution in [-0.4, -0.2) is 58.5 Å². The number of aromatic nitrogens is 6. The van der Waals surface area contributed by atoms with Crippen LogP contribution >= 0.6 is 0 Å². The number of phenolic OH excluding ortho intramolecular Hbond substituents is 1. The van der Waals surface area contributed by atoms with Crippen LogP contribution in [0.3, 0.4) is 0 Å². The van der Waals surface area contributed by atoms with Crippen molar-refractivity contribution in [2.45, 2.75) is 38.3 Å². The van der Waals surface area contributed by atoms with Gasteiger partial charge >= 0.3 is 0 Å². The Morgan fingerprint density at radius 3 is 3.00 bits per heavy atom. The van der Waals surface area contributed by atoms with Crippen molar-refractivity contribution in [3.8, 4) is 11.4 Å². The van der Waals surface area contributed by atoms with Crippen LogP contribution in [0.2, 0.25) is 0 Å². The molecule has 0 radical (unpaired) electrons. The van der Waals surface area contributed by atoms with E-state index in [2.05, 4.69) is 20.6 Å². The van der Waals surface area contributed by atoms with Gasteiger partial charge in [-0.1, -0.05) is 0 Å². The Kier molecular flexibility index (Phi) is 4.82. The zero-order chi connectivity index (χ0) is 18.6. The number of hydrogen-bond acceptors (Lipinski definition) is 6. The largest absolute Gasteiger partial charge is 0.507 e. The molecule has 27 heavy (non-hydrogen) atoms. The molecule has 3 heterocycles. The molecule has 1 N–H and O–H groups in total. The number of rotatable bonds is 5. The van der Waals surface area contributed by atoms with Gasteiger partial charge in [0.25, 0.3) is 5.91 Å². The Morgan fingerprint density at radius 2 is 2.22 bits per heavy atom. The molecule has 0 spiro atoms. The minimum Gasteiger partial charge on any atom is -0.507 e. The van der Waals surface area contributed by atoms with Crippen LogP contribution in [0, 0.1) is 0 Å². The zero-order valence-electron chi connectivity index (χ0n) is 14.8. The van der Waals surface area contributed by atoms with Gasteiger partial charge in [0.15, 0.2) is 0 Å². The van der Waals surface area contributed by atoms with E-state index in [1.165, 1.54) is 17.1 Å². The molecule has 1 aliphatic rings. The van der Waals surface area contributed by atoms with Crippen molar-refractivity contribution in [1.29, 1.82) is 0 Å². The van der Waals surface area contributed by atoms with Gasteiger partial charge in [-0.05, 0) is 60.4 Å². The van der Waals surface area contributed by atoms with Gasteiger partial charge in [-0.3, -0.25) is 9.48 Å². The lowest BCUT2D eigenvalue weighted by Gasteiger charge is -2.36. The summed E-state index contributed by atoms with van der Waals surface area (Å²) in [6.07, 6.45) is 9.00. The fraction of sp³-hybridized carbons (Fsp3) is 0.389. The molecule has 1 aromatic carbocycles. The topological polar surface area (TPSA) is 102 Å². The predicted octanol–water partition coefficient (Wildman–Crippen LogP) is 1.65. The van der Waals surface area contributed by atoms with E-state index in [-0.39, 0.29) is 23.3 Å². The normalized spacial score (nSPS) is 17.2. The van der Waals surface area contributed by atoms with Crippen LogP contribution in [0.5, 0.6) is 5.75 Å². The number of amides is 1. The highest BCUT2D eigenvalue weighted by atomic mass is 16.3. The smallest absolute Gasteiger partial charge is 0.257 e. The first kappa shape index (κ1) is 17.2. The summed E-state index contributed by atoms with van der Waals surface area (Å²) >= 11 is 0. The number of piperidine rings is 1. The monoisotopic (exact) mass is 367 g/mol. The van der Waals surface area contributed by atoms with Crippen LogP contribution in [-0.2, 0) is 6.54 Å². The van der Waals surface area contributed by atoms with Gasteiger partial charge in [-0.2, -0.15) is 5.10 Å². The third-order valence-corrected chi connectivity index (χ3v) is 4.96. The van der Waals surface area contributed by atoms with Crippen LogP contribution in [0.15, 0.2) is 43.0 Å². The lowest BCUT2D eigenvalue weighted by atomic mass is 9.98. The molecule has 3 aromatic rings. The van der Waals surface area contributed by atoms with Gasteiger partial charge in [0.2, 0.25) is 0 Å². The highest BCUT2D eigenvalue weighted by Gasteiger charge is 2.29. The van der Waals surface area contributed by atoms with Crippen molar-refractivity contribution < 1.29 is 9.90 Å². The maximum Gasteiger partial charge on any atom is 0.257 e. The van der Waals surface area contributed by atoms with Gasteiger partial charge in [-0.25, -0.2) is 4.68 Å². The first-order valence-electron chi connectivity index (χ1n) is 9.07. The van der Waals surface area contributed by atoms with E-state index in [4.69, 9.17) is 0 Å². The van der Waals surface area contributed by atoms with Gasteiger partial charge in [0, 0.05) is 31.5 Å². The van der Waals surface area contributed by atoms with E-state index >= 15 is 0 Å². The molecule has 9 nitrogen and oxygen atoms in total. The van der Waals surface area contributed by atoms with Crippen molar-refractivity contribution in [2.24, 2.45) is 0 Å². The predicted molar refractivity (Wildman–Crippen MR) is 96.3 cm³/mol. The summed E-state index contributed by atoms with van der Waals surface area (Å²) in [6.45, 7) is 1.45. The minimum absolute atomic E-state index is 0.0341. The lowest BCUT2D eigenvalue weighted by Crippen LogP contribution is -2.44. The van der Waals surface area contributed by atoms with Crippen LogP contribution in [0.4, 0.5) is 0 Å². The Labute approximate surface area is 156 Å². The van der Waals surface area contributed by atoms with Crippen LogP contribution < -0.4 is 0 Å². The molecular formula is C18H21N7O2. The second-order valence-corrected chi connectivity index (χ2v) is 6.66. The molecule has 1 saturated heterocycles. The second-order valence-electron chi connectivity index (χ2n) is 6.66. The highest BCUT2D eigenvalue weighted by molar-refractivity contribution is 5.97. The summed E-state index contributed by atoms with van der Waals surface area (Å²) in [4.78, 5) is 15.1. The van der Waals surface area contributed by atoms with Crippen molar-refractivity contribution in [1.82, 2.24) is 34.9 Å². The number of carbonyl (C=O) groups is 1. The average Bonchev–Trinajstić information content (AvgIpc) is 3.40.